The van der Waals surface area contributed by atoms with Gasteiger partial charge in [0.25, 0.3) is 0 Å². The van der Waals surface area contributed by atoms with Gasteiger partial charge in [-0.3, -0.25) is 9.69 Å². The van der Waals surface area contributed by atoms with Crippen molar-refractivity contribution in [2.24, 2.45) is 0 Å². The van der Waals surface area contributed by atoms with Crippen LogP contribution in [-0.4, -0.2) is 29.1 Å². The molecular weight excluding hydrogens is 240 g/mol. The van der Waals surface area contributed by atoms with Gasteiger partial charge in [-0.25, -0.2) is 8.78 Å². The molecule has 1 aromatic carbocycles. The molecule has 1 aromatic rings. The highest BCUT2D eigenvalue weighted by atomic mass is 19.1. The molecule has 1 aliphatic rings. The van der Waals surface area contributed by atoms with Crippen molar-refractivity contribution in [3.05, 3.63) is 35.4 Å². The predicted octanol–water partition coefficient (Wildman–Crippen LogP) is 2.58. The summed E-state index contributed by atoms with van der Waals surface area (Å²) in [6.07, 6.45) is 2.75. The number of halogens is 2. The van der Waals surface area contributed by atoms with Gasteiger partial charge >= 0.3 is 5.97 Å². The third kappa shape index (κ3) is 2.51. The van der Waals surface area contributed by atoms with E-state index in [1.54, 1.807) is 4.90 Å². The maximum atomic E-state index is 13.7. The van der Waals surface area contributed by atoms with Crippen molar-refractivity contribution in [1.29, 1.82) is 0 Å². The normalized spacial score (nSPS) is 18.6. The first-order valence-corrected chi connectivity index (χ1v) is 6.02. The lowest BCUT2D eigenvalue weighted by molar-refractivity contribution is -0.144. The van der Waals surface area contributed by atoms with E-state index in [1.807, 2.05) is 0 Å². The zero-order valence-corrected chi connectivity index (χ0v) is 9.90. The Kier molecular flexibility index (Phi) is 3.91. The molecular formula is C13H15F2NO2. The van der Waals surface area contributed by atoms with Crippen molar-refractivity contribution < 1.29 is 18.7 Å². The van der Waals surface area contributed by atoms with E-state index in [0.717, 1.165) is 31.4 Å². The lowest BCUT2D eigenvalue weighted by Gasteiger charge is -2.32. The molecule has 98 valence electrons. The Balaban J connectivity index is 2.37. The minimum Gasteiger partial charge on any atom is -0.480 e. The van der Waals surface area contributed by atoms with Crippen LogP contribution in [0.2, 0.25) is 0 Å². The monoisotopic (exact) mass is 255 g/mol. The lowest BCUT2D eigenvalue weighted by Crippen LogP contribution is -2.38. The number of piperidine rings is 1. The molecule has 0 bridgehead atoms. The first kappa shape index (κ1) is 13.0. The molecule has 5 heteroatoms. The van der Waals surface area contributed by atoms with Gasteiger partial charge in [-0.1, -0.05) is 12.5 Å². The fourth-order valence-electron chi connectivity index (χ4n) is 2.41. The Bertz CT molecular complexity index is 424. The van der Waals surface area contributed by atoms with E-state index in [9.17, 15) is 18.7 Å². The molecule has 1 aliphatic heterocycles. The molecule has 0 amide bonds. The quantitative estimate of drug-likeness (QED) is 0.902. The lowest BCUT2D eigenvalue weighted by atomic mass is 10.0. The van der Waals surface area contributed by atoms with E-state index in [1.165, 1.54) is 6.07 Å². The first-order chi connectivity index (χ1) is 8.61. The summed E-state index contributed by atoms with van der Waals surface area (Å²) in [5.74, 6) is -2.80. The van der Waals surface area contributed by atoms with Gasteiger partial charge < -0.3 is 5.11 Å². The molecule has 18 heavy (non-hydrogen) atoms. The van der Waals surface area contributed by atoms with Gasteiger partial charge in [-0.15, -0.1) is 0 Å². The van der Waals surface area contributed by atoms with Gasteiger partial charge in [0.05, 0.1) is 5.56 Å². The molecule has 2 rings (SSSR count). The zero-order chi connectivity index (χ0) is 13.1. The number of benzene rings is 1. The zero-order valence-electron chi connectivity index (χ0n) is 9.90. The third-order valence-corrected chi connectivity index (χ3v) is 3.26. The van der Waals surface area contributed by atoms with E-state index in [2.05, 4.69) is 0 Å². The summed E-state index contributed by atoms with van der Waals surface area (Å²) in [7, 11) is 0. The Hall–Kier alpha value is -1.49. The van der Waals surface area contributed by atoms with Gasteiger partial charge in [0.2, 0.25) is 0 Å². The van der Waals surface area contributed by atoms with Crippen molar-refractivity contribution in [3.63, 3.8) is 0 Å². The molecule has 1 heterocycles. The largest absolute Gasteiger partial charge is 0.480 e. The molecule has 0 unspecified atom stereocenters. The summed E-state index contributed by atoms with van der Waals surface area (Å²) < 4.78 is 27.4. The van der Waals surface area contributed by atoms with Gasteiger partial charge in [0.1, 0.15) is 17.7 Å². The van der Waals surface area contributed by atoms with Gasteiger partial charge in [-0.2, -0.15) is 0 Å². The number of carbonyl (C=O) groups is 1. The number of aliphatic carboxylic acids is 1. The van der Waals surface area contributed by atoms with Crippen molar-refractivity contribution >= 4 is 5.97 Å². The van der Waals surface area contributed by atoms with Crippen molar-refractivity contribution in [2.75, 3.05) is 13.1 Å². The van der Waals surface area contributed by atoms with Crippen LogP contribution in [0.15, 0.2) is 18.2 Å². The van der Waals surface area contributed by atoms with Crippen LogP contribution in [0.4, 0.5) is 8.78 Å². The van der Waals surface area contributed by atoms with Crippen molar-refractivity contribution in [2.45, 2.75) is 25.3 Å². The first-order valence-electron chi connectivity index (χ1n) is 6.02. The second-order valence-electron chi connectivity index (χ2n) is 4.47. The smallest absolute Gasteiger partial charge is 0.325 e. The molecule has 1 fully saturated rings. The number of carboxylic acids is 1. The van der Waals surface area contributed by atoms with E-state index < -0.39 is 23.6 Å². The van der Waals surface area contributed by atoms with Crippen LogP contribution in [0.5, 0.6) is 0 Å². The van der Waals surface area contributed by atoms with Crippen LogP contribution in [0.1, 0.15) is 30.9 Å². The molecule has 0 spiro atoms. The third-order valence-electron chi connectivity index (χ3n) is 3.26. The molecule has 0 saturated carbocycles. The maximum absolute atomic E-state index is 13.7. The van der Waals surface area contributed by atoms with Crippen LogP contribution >= 0.6 is 0 Å². The summed E-state index contributed by atoms with van der Waals surface area (Å²) in [6, 6.07) is 2.20. The highest BCUT2D eigenvalue weighted by Gasteiger charge is 2.32. The number of hydrogen-bond acceptors (Lipinski definition) is 2. The predicted molar refractivity (Wildman–Crippen MR) is 62.2 cm³/mol. The highest BCUT2D eigenvalue weighted by Crippen LogP contribution is 2.28. The molecule has 0 radical (unpaired) electrons. The Morgan fingerprint density at radius 2 is 1.72 bits per heavy atom. The number of carboxylic acid groups (broad SMARTS) is 1. The second kappa shape index (κ2) is 5.44. The van der Waals surface area contributed by atoms with E-state index in [0.29, 0.717) is 13.1 Å². The van der Waals surface area contributed by atoms with Gasteiger partial charge in [0, 0.05) is 0 Å². The highest BCUT2D eigenvalue weighted by molar-refractivity contribution is 5.75. The molecule has 0 aliphatic carbocycles. The van der Waals surface area contributed by atoms with Crippen LogP contribution in [-0.2, 0) is 4.79 Å². The van der Waals surface area contributed by atoms with Crippen molar-refractivity contribution in [1.82, 2.24) is 4.90 Å². The fourth-order valence-corrected chi connectivity index (χ4v) is 2.41. The van der Waals surface area contributed by atoms with E-state index >= 15 is 0 Å². The number of likely N-dealkylation sites (tertiary alicyclic amines) is 1. The SMILES string of the molecule is O=C(O)[C@@H](c1c(F)cccc1F)N1CCCCC1. The average Bonchev–Trinajstić information content (AvgIpc) is 2.34. The second-order valence-corrected chi connectivity index (χ2v) is 4.47. The molecule has 3 nitrogen and oxygen atoms in total. The standard InChI is InChI=1S/C13H15F2NO2/c14-9-5-4-6-10(15)11(9)12(13(17)18)16-7-2-1-3-8-16/h4-6,12H,1-3,7-8H2,(H,17,18)/t12-/m1/s1. The summed E-state index contributed by atoms with van der Waals surface area (Å²) >= 11 is 0. The van der Waals surface area contributed by atoms with E-state index in [4.69, 9.17) is 0 Å². The fraction of sp³-hybridized carbons (Fsp3) is 0.462. The van der Waals surface area contributed by atoms with Gasteiger partial charge in [-0.05, 0) is 38.1 Å². The molecule has 0 aromatic heterocycles. The summed E-state index contributed by atoms with van der Waals surface area (Å²) in [6.45, 7) is 1.12. The minimum atomic E-state index is -1.23. The van der Waals surface area contributed by atoms with Crippen LogP contribution in [0.25, 0.3) is 0 Å². The Morgan fingerprint density at radius 3 is 2.22 bits per heavy atom. The molecule has 1 atom stereocenters. The Labute approximate surface area is 104 Å². The Morgan fingerprint density at radius 1 is 1.17 bits per heavy atom. The molecule has 1 N–H and O–H groups in total. The minimum absolute atomic E-state index is 0.355. The van der Waals surface area contributed by atoms with Crippen LogP contribution < -0.4 is 0 Å². The number of nitrogens with zero attached hydrogens (tertiary/aromatic N) is 1. The average molecular weight is 255 g/mol. The van der Waals surface area contributed by atoms with Crippen LogP contribution in [0, 0.1) is 11.6 Å². The van der Waals surface area contributed by atoms with Crippen LogP contribution in [0.3, 0.4) is 0 Å². The molecule has 1 saturated heterocycles. The van der Waals surface area contributed by atoms with Crippen molar-refractivity contribution in [3.8, 4) is 0 Å². The van der Waals surface area contributed by atoms with E-state index in [-0.39, 0.29) is 5.56 Å². The number of hydrogen-bond donors (Lipinski definition) is 1. The summed E-state index contributed by atoms with van der Waals surface area (Å²) in [5.41, 5.74) is -0.355. The maximum Gasteiger partial charge on any atom is 0.325 e. The summed E-state index contributed by atoms with van der Waals surface area (Å²) in [4.78, 5) is 13.0. The van der Waals surface area contributed by atoms with Gasteiger partial charge in [0.15, 0.2) is 0 Å². The number of rotatable bonds is 3. The summed E-state index contributed by atoms with van der Waals surface area (Å²) in [5, 5.41) is 9.25. The topological polar surface area (TPSA) is 40.5 Å².